The minimum atomic E-state index is 0.0284. The molecule has 0 bridgehead atoms. The van der Waals surface area contributed by atoms with Crippen molar-refractivity contribution in [1.82, 2.24) is 0 Å². The molecule has 21 heavy (non-hydrogen) atoms. The van der Waals surface area contributed by atoms with Crippen molar-refractivity contribution in [2.75, 3.05) is 18.5 Å². The van der Waals surface area contributed by atoms with Gasteiger partial charge >= 0.3 is 0 Å². The predicted octanol–water partition coefficient (Wildman–Crippen LogP) is 3.32. The summed E-state index contributed by atoms with van der Waals surface area (Å²) in [5, 5.41) is 2.88. The summed E-state index contributed by atoms with van der Waals surface area (Å²) in [4.78, 5) is 11.8. The zero-order chi connectivity index (χ0) is 15.5. The molecule has 1 amide bonds. The van der Waals surface area contributed by atoms with Gasteiger partial charge in [0.15, 0.2) is 0 Å². The van der Waals surface area contributed by atoms with E-state index in [-0.39, 0.29) is 5.91 Å². The highest BCUT2D eigenvalue weighted by molar-refractivity contribution is 5.90. The summed E-state index contributed by atoms with van der Waals surface area (Å²) in [7, 11) is 0. The minimum absolute atomic E-state index is 0.0284. The summed E-state index contributed by atoms with van der Waals surface area (Å²) >= 11 is 0. The molecule has 0 aromatic heterocycles. The van der Waals surface area contributed by atoms with E-state index in [1.54, 1.807) is 0 Å². The van der Waals surface area contributed by atoms with Crippen LogP contribution < -0.4 is 11.1 Å². The van der Waals surface area contributed by atoms with Gasteiger partial charge in [-0.3, -0.25) is 4.79 Å². The second kappa shape index (κ2) is 10.4. The summed E-state index contributed by atoms with van der Waals surface area (Å²) in [6.07, 6.45) is 3.63. The second-order valence-electron chi connectivity index (χ2n) is 5.52. The maximum atomic E-state index is 11.8. The first-order valence-corrected chi connectivity index (χ1v) is 7.82. The van der Waals surface area contributed by atoms with Gasteiger partial charge in [-0.25, -0.2) is 0 Å². The number of carbonyl (C=O) groups excluding carboxylic acids is 1. The first-order valence-electron chi connectivity index (χ1n) is 7.82. The summed E-state index contributed by atoms with van der Waals surface area (Å²) in [5.41, 5.74) is 7.41. The highest BCUT2D eigenvalue weighted by Gasteiger charge is 2.04. The van der Waals surface area contributed by atoms with Crippen molar-refractivity contribution >= 4 is 11.6 Å². The lowest BCUT2D eigenvalue weighted by molar-refractivity contribution is -0.116. The van der Waals surface area contributed by atoms with E-state index >= 15 is 0 Å². The lowest BCUT2D eigenvalue weighted by Gasteiger charge is -2.10. The molecule has 0 saturated heterocycles. The average Bonchev–Trinajstić information content (AvgIpc) is 2.48. The number of nitrogens with two attached hydrogens (primary N) is 1. The Morgan fingerprint density at radius 2 is 2.05 bits per heavy atom. The third-order valence-corrected chi connectivity index (χ3v) is 3.35. The molecule has 0 aliphatic rings. The van der Waals surface area contributed by atoms with E-state index in [1.165, 1.54) is 12.8 Å². The van der Waals surface area contributed by atoms with E-state index < -0.39 is 0 Å². The number of hydrogen-bond acceptors (Lipinski definition) is 3. The van der Waals surface area contributed by atoms with Gasteiger partial charge in [0.05, 0.1) is 0 Å². The van der Waals surface area contributed by atoms with E-state index in [4.69, 9.17) is 10.5 Å². The molecule has 1 aromatic carbocycles. The molecule has 1 unspecified atom stereocenters. The number of benzene rings is 1. The zero-order valence-corrected chi connectivity index (χ0v) is 13.2. The van der Waals surface area contributed by atoms with Gasteiger partial charge in [0, 0.05) is 31.9 Å². The van der Waals surface area contributed by atoms with Crippen LogP contribution in [0.1, 0.15) is 45.1 Å². The quantitative estimate of drug-likeness (QED) is 0.650. The molecule has 0 saturated carbocycles. The SMILES string of the molecule is CCCC(C)COCCCC(=O)Nc1ccc(CN)cc1. The molecular formula is C17H28N2O2. The first kappa shape index (κ1) is 17.7. The zero-order valence-electron chi connectivity index (χ0n) is 13.2. The topological polar surface area (TPSA) is 64.3 Å². The van der Waals surface area contributed by atoms with Crippen LogP contribution in [0.3, 0.4) is 0 Å². The Labute approximate surface area is 128 Å². The van der Waals surface area contributed by atoms with E-state index in [9.17, 15) is 4.79 Å². The van der Waals surface area contributed by atoms with Crippen LogP contribution in [0.15, 0.2) is 24.3 Å². The van der Waals surface area contributed by atoms with Crippen molar-refractivity contribution in [1.29, 1.82) is 0 Å². The number of ether oxygens (including phenoxy) is 1. The molecule has 1 aromatic rings. The van der Waals surface area contributed by atoms with Gasteiger partial charge in [-0.2, -0.15) is 0 Å². The van der Waals surface area contributed by atoms with Gasteiger partial charge in [-0.1, -0.05) is 32.4 Å². The average molecular weight is 292 g/mol. The Kier molecular flexibility index (Phi) is 8.71. The molecule has 0 aliphatic heterocycles. The van der Waals surface area contributed by atoms with E-state index in [2.05, 4.69) is 19.2 Å². The fourth-order valence-corrected chi connectivity index (χ4v) is 2.14. The van der Waals surface area contributed by atoms with Gasteiger partial charge in [-0.05, 0) is 36.5 Å². The standard InChI is InChI=1S/C17H28N2O2/c1-3-5-14(2)13-21-11-4-6-17(20)19-16-9-7-15(12-18)8-10-16/h7-10,14H,3-6,11-13,18H2,1-2H3,(H,19,20). The van der Waals surface area contributed by atoms with Gasteiger partial charge in [0.25, 0.3) is 0 Å². The summed E-state index contributed by atoms with van der Waals surface area (Å²) in [6, 6.07) is 7.60. The van der Waals surface area contributed by atoms with Crippen molar-refractivity contribution in [3.8, 4) is 0 Å². The van der Waals surface area contributed by atoms with E-state index in [0.29, 0.717) is 25.5 Å². The van der Waals surface area contributed by atoms with Gasteiger partial charge in [-0.15, -0.1) is 0 Å². The molecule has 1 rings (SSSR count). The molecule has 0 fully saturated rings. The van der Waals surface area contributed by atoms with Gasteiger partial charge in [0.1, 0.15) is 0 Å². The smallest absolute Gasteiger partial charge is 0.224 e. The lowest BCUT2D eigenvalue weighted by atomic mass is 10.1. The van der Waals surface area contributed by atoms with Crippen LogP contribution in [0, 0.1) is 5.92 Å². The van der Waals surface area contributed by atoms with E-state index in [0.717, 1.165) is 24.3 Å². The Bertz CT molecular complexity index is 404. The fraction of sp³-hybridized carbons (Fsp3) is 0.588. The van der Waals surface area contributed by atoms with Crippen LogP contribution in [-0.4, -0.2) is 19.1 Å². The molecular weight excluding hydrogens is 264 g/mol. The third-order valence-electron chi connectivity index (χ3n) is 3.35. The molecule has 0 aliphatic carbocycles. The van der Waals surface area contributed by atoms with Gasteiger partial charge < -0.3 is 15.8 Å². The number of nitrogens with one attached hydrogen (secondary N) is 1. The van der Waals surface area contributed by atoms with Crippen LogP contribution in [0.4, 0.5) is 5.69 Å². The van der Waals surface area contributed by atoms with Crippen molar-refractivity contribution < 1.29 is 9.53 Å². The molecule has 1 atom stereocenters. The number of hydrogen-bond donors (Lipinski definition) is 2. The Morgan fingerprint density at radius 3 is 2.67 bits per heavy atom. The molecule has 118 valence electrons. The monoisotopic (exact) mass is 292 g/mol. The van der Waals surface area contributed by atoms with Crippen LogP contribution in [0.25, 0.3) is 0 Å². The van der Waals surface area contributed by atoms with Crippen molar-refractivity contribution in [2.45, 2.75) is 46.1 Å². The number of amides is 1. The first-order chi connectivity index (χ1) is 10.2. The number of anilines is 1. The fourth-order valence-electron chi connectivity index (χ4n) is 2.14. The second-order valence-corrected chi connectivity index (χ2v) is 5.52. The third kappa shape index (κ3) is 7.83. The Balaban J connectivity index is 2.13. The van der Waals surface area contributed by atoms with Gasteiger partial charge in [0.2, 0.25) is 5.91 Å². The van der Waals surface area contributed by atoms with Crippen LogP contribution in [0.5, 0.6) is 0 Å². The van der Waals surface area contributed by atoms with Crippen LogP contribution >= 0.6 is 0 Å². The highest BCUT2D eigenvalue weighted by atomic mass is 16.5. The Morgan fingerprint density at radius 1 is 1.33 bits per heavy atom. The maximum Gasteiger partial charge on any atom is 0.224 e. The van der Waals surface area contributed by atoms with E-state index in [1.807, 2.05) is 24.3 Å². The molecule has 3 N–H and O–H groups in total. The largest absolute Gasteiger partial charge is 0.381 e. The number of carbonyl (C=O) groups is 1. The van der Waals surface area contributed by atoms with Crippen molar-refractivity contribution in [3.63, 3.8) is 0 Å². The summed E-state index contributed by atoms with van der Waals surface area (Å²) in [6.45, 7) is 6.33. The molecule has 0 radical (unpaired) electrons. The summed E-state index contributed by atoms with van der Waals surface area (Å²) < 4.78 is 5.58. The normalized spacial score (nSPS) is 12.1. The maximum absolute atomic E-state index is 11.8. The minimum Gasteiger partial charge on any atom is -0.381 e. The predicted molar refractivity (Wildman–Crippen MR) is 87.1 cm³/mol. The highest BCUT2D eigenvalue weighted by Crippen LogP contribution is 2.10. The van der Waals surface area contributed by atoms with Crippen molar-refractivity contribution in [2.24, 2.45) is 11.7 Å². The van der Waals surface area contributed by atoms with Crippen LogP contribution in [-0.2, 0) is 16.1 Å². The summed E-state index contributed by atoms with van der Waals surface area (Å²) in [5.74, 6) is 0.630. The molecule has 0 heterocycles. The van der Waals surface area contributed by atoms with Crippen molar-refractivity contribution in [3.05, 3.63) is 29.8 Å². The lowest BCUT2D eigenvalue weighted by Crippen LogP contribution is -2.13. The Hall–Kier alpha value is -1.39. The molecule has 0 spiro atoms. The molecule has 4 nitrogen and oxygen atoms in total. The van der Waals surface area contributed by atoms with Crippen LogP contribution in [0.2, 0.25) is 0 Å². The number of rotatable bonds is 10. The molecule has 4 heteroatoms.